The van der Waals surface area contributed by atoms with E-state index in [1.54, 1.807) is 29.8 Å². The molecular weight excluding hydrogens is 1020 g/mol. The van der Waals surface area contributed by atoms with E-state index in [0.29, 0.717) is 6.61 Å². The second kappa shape index (κ2) is 34.9. The molecule has 0 aliphatic carbocycles. The van der Waals surface area contributed by atoms with Crippen molar-refractivity contribution in [2.75, 3.05) is 27.4 Å². The zero-order chi connectivity index (χ0) is 51.3. The maximum absolute atomic E-state index is 12.4. The Hall–Kier alpha value is -2.64. The van der Waals surface area contributed by atoms with Crippen molar-refractivity contribution in [2.24, 2.45) is 0 Å². The SMILES string of the molecule is CCCCCCCCCCCCCCCCCc1c(-c2ccc(/C=C/C(=O)OC)s2)sc2c1sc1c3sc(-c4ccc(/C=C/C(=O)OCCOC)s4)c(CCCCCCCCCCCCCCCCC)c3sc21. The van der Waals surface area contributed by atoms with E-state index in [0.717, 1.165) is 22.6 Å². The van der Waals surface area contributed by atoms with Gasteiger partial charge in [0.05, 0.1) is 41.9 Å². The normalized spacial score (nSPS) is 12.1. The average Bonchev–Trinajstić information content (AvgIpc) is 4.27. The highest BCUT2D eigenvalue weighted by Gasteiger charge is 2.26. The van der Waals surface area contributed by atoms with Crippen molar-refractivity contribution in [3.63, 3.8) is 0 Å². The van der Waals surface area contributed by atoms with Crippen molar-refractivity contribution in [1.82, 2.24) is 0 Å². The largest absolute Gasteiger partial charge is 0.466 e. The molecule has 5 nitrogen and oxygen atoms in total. The first kappa shape index (κ1) is 59.6. The molecule has 0 aliphatic heterocycles. The zero-order valence-corrected chi connectivity index (χ0v) is 50.1. The number of hydrogen-bond acceptors (Lipinski definition) is 11. The Morgan fingerprint density at radius 2 is 0.740 bits per heavy atom. The number of unbranched alkanes of at least 4 members (excludes halogenated alkanes) is 28. The minimum atomic E-state index is -0.338. The third-order valence-electron chi connectivity index (χ3n) is 14.2. The molecule has 11 heteroatoms. The van der Waals surface area contributed by atoms with E-state index >= 15 is 0 Å². The number of esters is 2. The van der Waals surface area contributed by atoms with Gasteiger partial charge in [-0.05, 0) is 73.2 Å². The molecule has 6 aromatic heterocycles. The first-order valence-electron chi connectivity index (χ1n) is 28.7. The van der Waals surface area contributed by atoms with Crippen LogP contribution in [0.2, 0.25) is 0 Å². The van der Waals surface area contributed by atoms with E-state index < -0.39 is 0 Å². The molecule has 0 fully saturated rings. The third kappa shape index (κ3) is 19.7. The lowest BCUT2D eigenvalue weighted by molar-refractivity contribution is -0.139. The van der Waals surface area contributed by atoms with Crippen LogP contribution in [0.1, 0.15) is 227 Å². The van der Waals surface area contributed by atoms with Gasteiger partial charge in [-0.1, -0.05) is 194 Å². The van der Waals surface area contributed by atoms with Crippen molar-refractivity contribution >= 4 is 120 Å². The van der Waals surface area contributed by atoms with Crippen LogP contribution in [0.3, 0.4) is 0 Å². The minimum Gasteiger partial charge on any atom is -0.466 e. The maximum atomic E-state index is 12.4. The van der Waals surface area contributed by atoms with Crippen LogP contribution in [-0.4, -0.2) is 39.4 Å². The topological polar surface area (TPSA) is 61.8 Å². The Morgan fingerprint density at radius 3 is 1.10 bits per heavy atom. The minimum absolute atomic E-state index is 0.256. The van der Waals surface area contributed by atoms with E-state index in [2.05, 4.69) is 38.1 Å². The summed E-state index contributed by atoms with van der Waals surface area (Å²) in [5.74, 6) is -0.662. The second-order valence-electron chi connectivity index (χ2n) is 20.2. The molecule has 0 saturated carbocycles. The highest BCUT2D eigenvalue weighted by molar-refractivity contribution is 7.46. The second-order valence-corrected chi connectivity index (χ2v) is 26.5. The first-order valence-corrected chi connectivity index (χ1v) is 33.6. The molecule has 0 aromatic carbocycles. The van der Waals surface area contributed by atoms with Gasteiger partial charge in [0.2, 0.25) is 0 Å². The van der Waals surface area contributed by atoms with Crippen LogP contribution in [0.4, 0.5) is 0 Å². The molecule has 73 heavy (non-hydrogen) atoms. The van der Waals surface area contributed by atoms with Gasteiger partial charge in [0, 0.05) is 48.5 Å². The fraction of sp³-hybridized carbons (Fsp3) is 0.613. The van der Waals surface area contributed by atoms with Gasteiger partial charge in [-0.2, -0.15) is 0 Å². The van der Waals surface area contributed by atoms with Crippen molar-refractivity contribution in [3.05, 3.63) is 57.3 Å². The number of rotatable bonds is 41. The molecule has 0 spiro atoms. The van der Waals surface area contributed by atoms with Crippen LogP contribution >= 0.6 is 68.0 Å². The molecule has 6 rings (SSSR count). The number of thiophene rings is 6. The van der Waals surface area contributed by atoms with Crippen LogP contribution < -0.4 is 0 Å². The van der Waals surface area contributed by atoms with Gasteiger partial charge in [-0.15, -0.1) is 68.0 Å². The number of ether oxygens (including phenoxy) is 3. The molecule has 0 aliphatic rings. The first-order chi connectivity index (χ1) is 35.9. The smallest absolute Gasteiger partial charge is 0.330 e. The lowest BCUT2D eigenvalue weighted by atomic mass is 10.0. The lowest BCUT2D eigenvalue weighted by Gasteiger charge is -2.05. The molecule has 0 unspecified atom stereocenters. The van der Waals surface area contributed by atoms with E-state index in [-0.39, 0.29) is 18.5 Å². The van der Waals surface area contributed by atoms with Crippen LogP contribution in [0.25, 0.3) is 59.9 Å². The highest BCUT2D eigenvalue weighted by atomic mass is 32.1. The molecule has 402 valence electrons. The fourth-order valence-corrected chi connectivity index (χ4v) is 18.3. The molecule has 6 heterocycles. The summed E-state index contributed by atoms with van der Waals surface area (Å²) in [5.41, 5.74) is 3.04. The third-order valence-corrected chi connectivity index (χ3v) is 22.3. The van der Waals surface area contributed by atoms with E-state index in [4.69, 9.17) is 14.2 Å². The molecule has 0 amide bonds. The number of hydrogen-bond donors (Lipinski definition) is 0. The van der Waals surface area contributed by atoms with Gasteiger partial charge in [-0.3, -0.25) is 0 Å². The summed E-state index contributed by atoms with van der Waals surface area (Å²) < 4.78 is 24.0. The Balaban J connectivity index is 1.15. The molecule has 0 radical (unpaired) electrons. The van der Waals surface area contributed by atoms with Crippen molar-refractivity contribution in [1.29, 1.82) is 0 Å². The number of aryl methyl sites for hydroxylation is 2. The number of carbonyl (C=O) groups is 2. The number of fused-ring (bicyclic) bond motifs is 5. The highest BCUT2D eigenvalue weighted by Crippen LogP contribution is 2.56. The van der Waals surface area contributed by atoms with Gasteiger partial charge in [0.1, 0.15) is 6.61 Å². The molecule has 6 aromatic rings. The summed E-state index contributed by atoms with van der Waals surface area (Å²) in [5, 5.41) is 0. The summed E-state index contributed by atoms with van der Waals surface area (Å²) in [6, 6.07) is 8.81. The molecule has 0 atom stereocenters. The van der Waals surface area contributed by atoms with Gasteiger partial charge in [-0.25, -0.2) is 9.59 Å². The van der Waals surface area contributed by atoms with Gasteiger partial charge >= 0.3 is 11.9 Å². The monoisotopic (exact) mass is 1100 g/mol. The van der Waals surface area contributed by atoms with Crippen molar-refractivity contribution in [3.8, 4) is 19.5 Å². The molecular formula is C62H88O5S6. The summed E-state index contributed by atoms with van der Waals surface area (Å²) >= 11 is 11.6. The predicted molar refractivity (Wildman–Crippen MR) is 327 cm³/mol. The van der Waals surface area contributed by atoms with Crippen LogP contribution in [-0.2, 0) is 36.6 Å². The van der Waals surface area contributed by atoms with E-state index in [1.807, 2.05) is 57.5 Å². The molecule has 0 saturated heterocycles. The molecule has 0 N–H and O–H groups in total. The van der Waals surface area contributed by atoms with Gasteiger partial charge in [0.15, 0.2) is 0 Å². The summed E-state index contributed by atoms with van der Waals surface area (Å²) in [6.45, 7) is 5.25. The van der Waals surface area contributed by atoms with Gasteiger partial charge in [0.25, 0.3) is 0 Å². The van der Waals surface area contributed by atoms with Crippen molar-refractivity contribution in [2.45, 2.75) is 219 Å². The lowest BCUT2D eigenvalue weighted by Crippen LogP contribution is -2.06. The number of methoxy groups -OCH3 is 2. The fourth-order valence-electron chi connectivity index (χ4n) is 9.98. The number of carbonyl (C=O) groups excluding carboxylic acids is 2. The van der Waals surface area contributed by atoms with Crippen LogP contribution in [0.5, 0.6) is 0 Å². The molecule has 0 bridgehead atoms. The summed E-state index contributed by atoms with van der Waals surface area (Å²) in [6.07, 6.45) is 50.2. The zero-order valence-electron chi connectivity index (χ0n) is 45.2. The average molecular weight is 1110 g/mol. The van der Waals surface area contributed by atoms with Gasteiger partial charge < -0.3 is 14.2 Å². The quantitative estimate of drug-likeness (QED) is 0.0217. The van der Waals surface area contributed by atoms with E-state index in [9.17, 15) is 9.59 Å². The van der Waals surface area contributed by atoms with Crippen LogP contribution in [0.15, 0.2) is 36.4 Å². The van der Waals surface area contributed by atoms with Crippen molar-refractivity contribution < 1.29 is 23.8 Å². The Bertz CT molecular complexity index is 2540. The predicted octanol–water partition coefficient (Wildman–Crippen LogP) is 22.1. The summed E-state index contributed by atoms with van der Waals surface area (Å²) in [4.78, 5) is 31.9. The Morgan fingerprint density at radius 1 is 0.397 bits per heavy atom. The Labute approximate surface area is 464 Å². The standard InChI is InChI=1S/C62H88O5S6/c1-5-7-9-11-13-15-17-19-21-23-25-27-29-31-33-35-49-55(51-41-37-47(68-51)39-43-53(63)66-4)70-59-57(49)72-62-60-58(73-61(59)62)50(36-34-32-30-28-26-24-22-20-18-16-14-12-10-8-6-2)56(71-60)52-42-38-48(69-52)40-44-54(64)67-46-45-65-3/h37-44H,5-36,45-46H2,1-4H3/b43-39+,44-40+. The summed E-state index contributed by atoms with van der Waals surface area (Å²) in [7, 11) is 3.04. The van der Waals surface area contributed by atoms with Crippen LogP contribution in [0, 0.1) is 0 Å². The van der Waals surface area contributed by atoms with E-state index in [1.165, 1.54) is 271 Å². The maximum Gasteiger partial charge on any atom is 0.330 e. The Kier molecular flexibility index (Phi) is 28.5.